The van der Waals surface area contributed by atoms with Gasteiger partial charge in [-0.25, -0.2) is 0 Å². The van der Waals surface area contributed by atoms with Crippen LogP contribution in [-0.2, 0) is 10.2 Å². The fourth-order valence-electron chi connectivity index (χ4n) is 3.93. The molecule has 0 saturated carbocycles. The van der Waals surface area contributed by atoms with Crippen molar-refractivity contribution in [1.29, 1.82) is 0 Å². The van der Waals surface area contributed by atoms with Gasteiger partial charge >= 0.3 is 0 Å². The molecule has 2 atom stereocenters. The zero-order chi connectivity index (χ0) is 16.2. The van der Waals surface area contributed by atoms with Gasteiger partial charge in [0.1, 0.15) is 11.9 Å². The number of Topliss-reactive ketones (excluding diaryl/α,β-unsaturated/α-hetero) is 1. The molecule has 1 aliphatic carbocycles. The number of carbonyl (C=O) groups is 1. The Morgan fingerprint density at radius 2 is 1.78 bits per heavy atom. The quantitative estimate of drug-likeness (QED) is 0.785. The first-order valence-corrected chi connectivity index (χ1v) is 7.94. The summed E-state index contributed by atoms with van der Waals surface area (Å²) in [6, 6.07) is 15.7. The summed E-state index contributed by atoms with van der Waals surface area (Å²) in [7, 11) is 1.65. The molecule has 1 fully saturated rings. The monoisotopic (exact) mass is 308 g/mol. The lowest BCUT2D eigenvalue weighted by Crippen LogP contribution is -2.40. The molecular weight excluding hydrogens is 288 g/mol. The highest BCUT2D eigenvalue weighted by Crippen LogP contribution is 2.60. The van der Waals surface area contributed by atoms with Crippen LogP contribution in [0.3, 0.4) is 0 Å². The number of carbonyl (C=O) groups excluding carboxylic acids is 1. The molecule has 23 heavy (non-hydrogen) atoms. The van der Waals surface area contributed by atoms with Crippen LogP contribution in [0, 0.1) is 0 Å². The SMILES string of the molecule is COc1ccc([C@H]2O[C@]23CC(C)(C)c2ccccc2C3=O)cc1. The second kappa shape index (κ2) is 4.68. The predicted molar refractivity (Wildman–Crippen MR) is 88.0 cm³/mol. The lowest BCUT2D eigenvalue weighted by atomic mass is 9.66. The van der Waals surface area contributed by atoms with Gasteiger partial charge in [0, 0.05) is 5.56 Å². The number of hydrogen-bond acceptors (Lipinski definition) is 3. The minimum Gasteiger partial charge on any atom is -0.497 e. The van der Waals surface area contributed by atoms with Crippen molar-refractivity contribution in [1.82, 2.24) is 0 Å². The molecule has 0 unspecified atom stereocenters. The van der Waals surface area contributed by atoms with Crippen LogP contribution in [0.5, 0.6) is 5.75 Å². The van der Waals surface area contributed by atoms with E-state index in [1.54, 1.807) is 7.11 Å². The first-order valence-electron chi connectivity index (χ1n) is 7.94. The number of epoxide rings is 1. The zero-order valence-corrected chi connectivity index (χ0v) is 13.6. The number of methoxy groups -OCH3 is 1. The van der Waals surface area contributed by atoms with Gasteiger partial charge in [0.15, 0.2) is 11.4 Å². The van der Waals surface area contributed by atoms with Crippen molar-refractivity contribution >= 4 is 5.78 Å². The number of rotatable bonds is 2. The van der Waals surface area contributed by atoms with E-state index in [-0.39, 0.29) is 17.3 Å². The van der Waals surface area contributed by atoms with E-state index in [2.05, 4.69) is 19.9 Å². The second-order valence-corrected chi connectivity index (χ2v) is 7.10. The largest absolute Gasteiger partial charge is 0.497 e. The molecule has 3 nitrogen and oxygen atoms in total. The van der Waals surface area contributed by atoms with Gasteiger partial charge in [-0.05, 0) is 35.1 Å². The number of ketones is 1. The van der Waals surface area contributed by atoms with E-state index in [1.165, 1.54) is 0 Å². The van der Waals surface area contributed by atoms with Crippen molar-refractivity contribution in [3.63, 3.8) is 0 Å². The van der Waals surface area contributed by atoms with E-state index < -0.39 is 5.60 Å². The molecule has 0 amide bonds. The average molecular weight is 308 g/mol. The van der Waals surface area contributed by atoms with Crippen molar-refractivity contribution in [3.05, 3.63) is 65.2 Å². The van der Waals surface area contributed by atoms with Crippen LogP contribution in [0.2, 0.25) is 0 Å². The Morgan fingerprint density at radius 1 is 1.09 bits per heavy atom. The molecule has 2 aromatic rings. The standard InChI is InChI=1S/C20H20O3/c1-19(2)12-20(17(21)15-6-4-5-7-16(15)19)18(23-20)13-8-10-14(22-3)11-9-13/h4-11,18H,12H2,1-3H3/t18-,20+/m1/s1. The molecule has 2 aliphatic rings. The minimum atomic E-state index is -0.702. The molecule has 1 spiro atoms. The Balaban J connectivity index is 1.72. The number of ether oxygens (including phenoxy) is 2. The van der Waals surface area contributed by atoms with E-state index in [0.717, 1.165) is 22.4 Å². The van der Waals surface area contributed by atoms with Crippen LogP contribution < -0.4 is 4.74 Å². The molecule has 0 aromatic heterocycles. The average Bonchev–Trinajstić information content (AvgIpc) is 3.27. The third kappa shape index (κ3) is 2.03. The van der Waals surface area contributed by atoms with Crippen LogP contribution in [0.25, 0.3) is 0 Å². The van der Waals surface area contributed by atoms with E-state index in [0.29, 0.717) is 6.42 Å². The molecule has 0 radical (unpaired) electrons. The van der Waals surface area contributed by atoms with Gasteiger partial charge in [-0.3, -0.25) is 4.79 Å². The summed E-state index contributed by atoms with van der Waals surface area (Å²) in [6.07, 6.45) is 0.556. The van der Waals surface area contributed by atoms with Crippen molar-refractivity contribution < 1.29 is 14.3 Å². The van der Waals surface area contributed by atoms with E-state index >= 15 is 0 Å². The van der Waals surface area contributed by atoms with Gasteiger partial charge in [-0.2, -0.15) is 0 Å². The Kier molecular flexibility index (Phi) is 2.94. The second-order valence-electron chi connectivity index (χ2n) is 7.10. The summed E-state index contributed by atoms with van der Waals surface area (Å²) in [6.45, 7) is 4.37. The zero-order valence-electron chi connectivity index (χ0n) is 13.6. The van der Waals surface area contributed by atoms with Crippen molar-refractivity contribution in [2.75, 3.05) is 7.11 Å². The summed E-state index contributed by atoms with van der Waals surface area (Å²) in [5.74, 6) is 0.928. The third-order valence-electron chi connectivity index (χ3n) is 5.10. The Morgan fingerprint density at radius 3 is 2.48 bits per heavy atom. The first kappa shape index (κ1) is 14.5. The van der Waals surface area contributed by atoms with Crippen LogP contribution in [0.1, 0.15) is 47.9 Å². The van der Waals surface area contributed by atoms with E-state index in [4.69, 9.17) is 9.47 Å². The minimum absolute atomic E-state index is 0.0777. The first-order chi connectivity index (χ1) is 11.0. The normalized spacial score (nSPS) is 27.6. The maximum atomic E-state index is 13.0. The molecule has 0 bridgehead atoms. The lowest BCUT2D eigenvalue weighted by molar-refractivity contribution is 0.0812. The van der Waals surface area contributed by atoms with Gasteiger partial charge in [-0.15, -0.1) is 0 Å². The summed E-state index contributed by atoms with van der Waals surface area (Å²) in [4.78, 5) is 13.0. The Labute approximate surface area is 136 Å². The maximum absolute atomic E-state index is 13.0. The van der Waals surface area contributed by atoms with E-state index in [9.17, 15) is 4.79 Å². The highest BCUT2D eigenvalue weighted by atomic mass is 16.6. The number of benzene rings is 2. The molecule has 118 valence electrons. The Bertz CT molecular complexity index is 776. The fraction of sp³-hybridized carbons (Fsp3) is 0.350. The molecule has 2 aromatic carbocycles. The summed E-state index contributed by atoms with van der Waals surface area (Å²) >= 11 is 0. The Hall–Kier alpha value is -2.13. The smallest absolute Gasteiger partial charge is 0.198 e. The summed E-state index contributed by atoms with van der Waals surface area (Å²) in [5.41, 5.74) is 2.19. The highest BCUT2D eigenvalue weighted by molar-refractivity contribution is 6.07. The molecule has 0 N–H and O–H groups in total. The van der Waals surface area contributed by atoms with Crippen molar-refractivity contribution in [3.8, 4) is 5.75 Å². The van der Waals surface area contributed by atoms with Gasteiger partial charge in [0.25, 0.3) is 0 Å². The van der Waals surface area contributed by atoms with Gasteiger partial charge in [-0.1, -0.05) is 50.2 Å². The molecule has 3 heteroatoms. The van der Waals surface area contributed by atoms with Crippen LogP contribution in [0.4, 0.5) is 0 Å². The van der Waals surface area contributed by atoms with Gasteiger partial charge in [0.05, 0.1) is 7.11 Å². The van der Waals surface area contributed by atoms with Gasteiger partial charge < -0.3 is 9.47 Å². The van der Waals surface area contributed by atoms with Crippen molar-refractivity contribution in [2.45, 2.75) is 37.4 Å². The fourth-order valence-corrected chi connectivity index (χ4v) is 3.93. The van der Waals surface area contributed by atoms with Crippen LogP contribution in [-0.4, -0.2) is 18.5 Å². The van der Waals surface area contributed by atoms with Crippen LogP contribution in [0.15, 0.2) is 48.5 Å². The predicted octanol–water partition coefficient (Wildman–Crippen LogP) is 4.07. The summed E-state index contributed by atoms with van der Waals surface area (Å²) < 4.78 is 11.2. The topological polar surface area (TPSA) is 38.8 Å². The molecule has 4 rings (SSSR count). The highest BCUT2D eigenvalue weighted by Gasteiger charge is 2.66. The lowest BCUT2D eigenvalue weighted by Gasteiger charge is -2.35. The molecule has 1 aliphatic heterocycles. The molecule has 1 heterocycles. The molecule has 1 saturated heterocycles. The third-order valence-corrected chi connectivity index (χ3v) is 5.10. The summed E-state index contributed by atoms with van der Waals surface area (Å²) in [5, 5.41) is 0. The van der Waals surface area contributed by atoms with Gasteiger partial charge in [0.2, 0.25) is 0 Å². The number of fused-ring (bicyclic) bond motifs is 1. The van der Waals surface area contributed by atoms with Crippen molar-refractivity contribution in [2.24, 2.45) is 0 Å². The van der Waals surface area contributed by atoms with Crippen LogP contribution >= 0.6 is 0 Å². The van der Waals surface area contributed by atoms with E-state index in [1.807, 2.05) is 42.5 Å². The molecular formula is C20H20O3. The maximum Gasteiger partial charge on any atom is 0.198 e. The number of hydrogen-bond donors (Lipinski definition) is 0.